The molecule has 2 amide bonds. The van der Waals surface area contributed by atoms with E-state index in [2.05, 4.69) is 9.84 Å². The van der Waals surface area contributed by atoms with E-state index in [1.807, 2.05) is 13.8 Å². The number of aliphatic hydroxyl groups is 1. The smallest absolute Gasteiger partial charge is 0.470 e. The Kier molecular flexibility index (Phi) is 9.17. The predicted octanol–water partition coefficient (Wildman–Crippen LogP) is -0.954. The number of nitrogens with one attached hydrogen (secondary N) is 1. The maximum absolute atomic E-state index is 13.0. The minimum Gasteiger partial charge on any atom is -0.507 e. The van der Waals surface area contributed by atoms with Crippen LogP contribution in [0.4, 0.5) is 0 Å². The largest absolute Gasteiger partial charge is 0.507 e. The van der Waals surface area contributed by atoms with E-state index < -0.39 is 62.4 Å². The summed E-state index contributed by atoms with van der Waals surface area (Å²) < 4.78 is 21.4. The molecule has 9 N–H and O–H groups in total. The number of phenols is 1. The molecule has 0 aromatic heterocycles. The second kappa shape index (κ2) is 11.3. The minimum atomic E-state index is -5.27. The summed E-state index contributed by atoms with van der Waals surface area (Å²) in [6.45, 7) is 3.68. The number of esters is 1. The number of aromatic hydroxyl groups is 1. The van der Waals surface area contributed by atoms with Crippen molar-refractivity contribution in [3.8, 4) is 5.75 Å². The number of carbonyl (C=O) groups is 3. The number of hydrogen-bond donors (Lipinski definition) is 7. The van der Waals surface area contributed by atoms with Gasteiger partial charge in [0.1, 0.15) is 23.5 Å². The number of carbonyl (C=O) groups excluding carboxylic acids is 3. The average Bonchev–Trinajstić information content (AvgIpc) is 2.69. The number of rotatable bonds is 11. The van der Waals surface area contributed by atoms with Crippen molar-refractivity contribution in [2.24, 2.45) is 17.4 Å². The van der Waals surface area contributed by atoms with Crippen LogP contribution in [0, 0.1) is 5.92 Å². The molecule has 1 aromatic rings. The summed E-state index contributed by atoms with van der Waals surface area (Å²) >= 11 is 0. The molecule has 34 heavy (non-hydrogen) atoms. The zero-order chi connectivity index (χ0) is 25.8. The predicted molar refractivity (Wildman–Crippen MR) is 117 cm³/mol. The van der Waals surface area contributed by atoms with Crippen molar-refractivity contribution < 1.29 is 48.2 Å². The fourth-order valence-corrected chi connectivity index (χ4v) is 4.26. The van der Waals surface area contributed by atoms with Gasteiger partial charge in [-0.25, -0.2) is 9.36 Å². The summed E-state index contributed by atoms with van der Waals surface area (Å²) in [5.74, 6) is -3.10. The van der Waals surface area contributed by atoms with Crippen LogP contribution in [0.15, 0.2) is 18.2 Å². The van der Waals surface area contributed by atoms with Gasteiger partial charge >= 0.3 is 13.8 Å². The first-order valence-corrected chi connectivity index (χ1v) is 12.0. The number of phenolic OH excluding ortho intramolecular Hbond substituents is 1. The molecule has 5 atom stereocenters. The molecule has 1 aliphatic heterocycles. The molecule has 1 aromatic carbocycles. The Bertz CT molecular complexity index is 966. The monoisotopic (exact) mass is 503 g/mol. The van der Waals surface area contributed by atoms with E-state index in [9.17, 15) is 38.9 Å². The normalized spacial score (nSPS) is 19.5. The zero-order valence-electron chi connectivity index (χ0n) is 18.7. The van der Waals surface area contributed by atoms with E-state index in [0.717, 1.165) is 0 Å². The first kappa shape index (κ1) is 27.7. The number of phosphoric ester groups is 1. The SMILES string of the molecule is CC(C)C[C@H](NC(=O)[C@H](OP(=O)(O)O)[C@@H](O)[C@@H](N)CC(N)=O)[C@@H]1Cc2cccc(O)c2C(=O)O1. The van der Waals surface area contributed by atoms with Crippen LogP contribution in [0.25, 0.3) is 0 Å². The van der Waals surface area contributed by atoms with Gasteiger partial charge in [0.2, 0.25) is 5.91 Å². The lowest BCUT2D eigenvalue weighted by Crippen LogP contribution is -2.56. The highest BCUT2D eigenvalue weighted by molar-refractivity contribution is 7.46. The van der Waals surface area contributed by atoms with Crippen LogP contribution in [0.3, 0.4) is 0 Å². The Balaban J connectivity index is 2.30. The molecule has 2 rings (SSSR count). The molecule has 14 heteroatoms. The van der Waals surface area contributed by atoms with E-state index in [1.54, 1.807) is 12.1 Å². The molecule has 0 fully saturated rings. The van der Waals surface area contributed by atoms with Crippen molar-refractivity contribution in [1.82, 2.24) is 5.32 Å². The minimum absolute atomic E-state index is 0.0160. The van der Waals surface area contributed by atoms with Crippen LogP contribution >= 0.6 is 7.82 Å². The highest BCUT2D eigenvalue weighted by Crippen LogP contribution is 2.39. The summed E-state index contributed by atoms with van der Waals surface area (Å²) in [4.78, 5) is 55.0. The second-order valence-corrected chi connectivity index (χ2v) is 9.74. The molecule has 13 nitrogen and oxygen atoms in total. The lowest BCUT2D eigenvalue weighted by Gasteiger charge is -2.34. The average molecular weight is 503 g/mol. The Labute approximate surface area is 195 Å². The fraction of sp³-hybridized carbons (Fsp3) is 0.550. The first-order valence-electron chi connectivity index (χ1n) is 10.5. The number of fused-ring (bicyclic) bond motifs is 1. The summed E-state index contributed by atoms with van der Waals surface area (Å²) in [7, 11) is -5.27. The standard InChI is InChI=1S/C20H30N3O10P/c1-9(2)6-12(14-7-10-4-3-5-13(24)16(10)20(28)32-14)23-19(27)18(33-34(29,30)31)17(26)11(21)8-15(22)25/h3-5,9,11-12,14,17-18,24,26H,6-8,21H2,1-2H3,(H2,22,25)(H,23,27)(H2,29,30,31)/t11-,12-,14-,17-,18+/m0/s1. The van der Waals surface area contributed by atoms with Gasteiger partial charge in [-0.1, -0.05) is 26.0 Å². The van der Waals surface area contributed by atoms with Crippen LogP contribution in [0.2, 0.25) is 0 Å². The quantitative estimate of drug-likeness (QED) is 0.144. The van der Waals surface area contributed by atoms with Gasteiger partial charge in [0.25, 0.3) is 5.91 Å². The third kappa shape index (κ3) is 7.49. The fourth-order valence-electron chi connectivity index (χ4n) is 3.74. The molecule has 0 saturated heterocycles. The van der Waals surface area contributed by atoms with Gasteiger partial charge < -0.3 is 41.5 Å². The summed E-state index contributed by atoms with van der Waals surface area (Å²) in [5.41, 5.74) is 11.2. The maximum atomic E-state index is 13.0. The van der Waals surface area contributed by atoms with Crippen molar-refractivity contribution >= 4 is 25.6 Å². The molecule has 0 spiro atoms. The Morgan fingerprint density at radius 1 is 1.32 bits per heavy atom. The van der Waals surface area contributed by atoms with Crippen LogP contribution in [-0.4, -0.2) is 68.2 Å². The number of primary amides is 1. The third-order valence-corrected chi connectivity index (χ3v) is 5.71. The number of amides is 2. The van der Waals surface area contributed by atoms with Crippen LogP contribution < -0.4 is 16.8 Å². The number of phosphoric acid groups is 1. The van der Waals surface area contributed by atoms with Gasteiger partial charge in [-0.15, -0.1) is 0 Å². The Morgan fingerprint density at radius 2 is 1.97 bits per heavy atom. The Morgan fingerprint density at radius 3 is 2.53 bits per heavy atom. The van der Waals surface area contributed by atoms with Gasteiger partial charge in [0.05, 0.1) is 6.04 Å². The van der Waals surface area contributed by atoms with Gasteiger partial charge in [-0.05, 0) is 24.0 Å². The van der Waals surface area contributed by atoms with Gasteiger partial charge in [0, 0.05) is 18.9 Å². The van der Waals surface area contributed by atoms with Crippen molar-refractivity contribution in [1.29, 1.82) is 0 Å². The highest BCUT2D eigenvalue weighted by Gasteiger charge is 2.41. The number of benzene rings is 1. The third-order valence-electron chi connectivity index (χ3n) is 5.21. The first-order chi connectivity index (χ1) is 15.7. The van der Waals surface area contributed by atoms with Crippen LogP contribution in [0.5, 0.6) is 5.75 Å². The molecular formula is C20H30N3O10P. The molecule has 1 heterocycles. The van der Waals surface area contributed by atoms with Gasteiger partial charge in [-0.3, -0.25) is 14.1 Å². The highest BCUT2D eigenvalue weighted by atomic mass is 31.2. The second-order valence-electron chi connectivity index (χ2n) is 8.55. The van der Waals surface area contributed by atoms with Crippen molar-refractivity contribution in [3.63, 3.8) is 0 Å². The number of ether oxygens (including phenoxy) is 1. The van der Waals surface area contributed by atoms with E-state index in [1.165, 1.54) is 6.07 Å². The van der Waals surface area contributed by atoms with Gasteiger partial charge in [0.15, 0.2) is 6.10 Å². The van der Waals surface area contributed by atoms with E-state index in [4.69, 9.17) is 16.2 Å². The molecule has 0 radical (unpaired) electrons. The Hall–Kier alpha value is -2.54. The molecule has 0 aliphatic carbocycles. The molecule has 0 bridgehead atoms. The lowest BCUT2D eigenvalue weighted by molar-refractivity contribution is -0.138. The summed E-state index contributed by atoms with van der Waals surface area (Å²) in [5, 5.41) is 22.9. The zero-order valence-corrected chi connectivity index (χ0v) is 19.6. The van der Waals surface area contributed by atoms with Crippen molar-refractivity contribution in [2.45, 2.75) is 63.5 Å². The topological polar surface area (TPSA) is 232 Å². The van der Waals surface area contributed by atoms with Gasteiger partial charge in [-0.2, -0.15) is 0 Å². The van der Waals surface area contributed by atoms with Crippen LogP contribution in [-0.2, 0) is 29.8 Å². The van der Waals surface area contributed by atoms with E-state index >= 15 is 0 Å². The molecule has 0 saturated carbocycles. The molecule has 1 aliphatic rings. The van der Waals surface area contributed by atoms with Crippen molar-refractivity contribution in [3.05, 3.63) is 29.3 Å². The number of nitrogens with two attached hydrogens (primary N) is 2. The molecular weight excluding hydrogens is 473 g/mol. The van der Waals surface area contributed by atoms with Crippen LogP contribution in [0.1, 0.15) is 42.6 Å². The summed E-state index contributed by atoms with van der Waals surface area (Å²) in [6.07, 6.45) is -5.19. The van der Waals surface area contributed by atoms with E-state index in [0.29, 0.717) is 5.56 Å². The van der Waals surface area contributed by atoms with Crippen molar-refractivity contribution in [2.75, 3.05) is 0 Å². The number of hydrogen-bond acceptors (Lipinski definition) is 9. The maximum Gasteiger partial charge on any atom is 0.470 e. The number of cyclic esters (lactones) is 1. The molecule has 190 valence electrons. The summed E-state index contributed by atoms with van der Waals surface area (Å²) in [6, 6.07) is 2.22. The lowest BCUT2D eigenvalue weighted by atomic mass is 9.90. The van der Waals surface area contributed by atoms with E-state index in [-0.39, 0.29) is 30.1 Å². The number of aliphatic hydroxyl groups excluding tert-OH is 1. The molecule has 0 unspecified atom stereocenters.